The smallest absolute Gasteiger partial charge is 0.170 e. The van der Waals surface area contributed by atoms with Gasteiger partial charge in [-0.25, -0.2) is 27.5 Å². The minimum absolute atomic E-state index is 0.0217. The van der Waals surface area contributed by atoms with Crippen LogP contribution in [0.4, 0.5) is 17.6 Å². The number of unbranched alkanes of at least 4 members (excludes halogenated alkanes) is 11. The summed E-state index contributed by atoms with van der Waals surface area (Å²) >= 11 is 0. The first-order valence-electron chi connectivity index (χ1n) is 13.3. The first-order valence-corrected chi connectivity index (χ1v) is 13.3. The van der Waals surface area contributed by atoms with Crippen molar-refractivity contribution in [2.45, 2.75) is 110 Å². The molecule has 2 aromatic rings. The van der Waals surface area contributed by atoms with Crippen molar-refractivity contribution in [2.75, 3.05) is 0 Å². The van der Waals surface area contributed by atoms with E-state index in [0.717, 1.165) is 56.6 Å². The molecule has 0 N–H and O–H groups in total. The molecule has 1 heterocycles. The van der Waals surface area contributed by atoms with Gasteiger partial charge in [0.15, 0.2) is 23.3 Å². The average Bonchev–Trinajstić information content (AvgIpc) is 2.87. The molecule has 6 heteroatoms. The van der Waals surface area contributed by atoms with Crippen molar-refractivity contribution in [3.63, 3.8) is 0 Å². The Bertz CT molecular complexity index is 910. The van der Waals surface area contributed by atoms with Crippen LogP contribution < -0.4 is 0 Å². The fraction of sp³-hybridized carbons (Fsp3) is 0.586. The molecule has 0 fully saturated rings. The van der Waals surface area contributed by atoms with Gasteiger partial charge >= 0.3 is 0 Å². The first kappa shape index (κ1) is 29.0. The van der Waals surface area contributed by atoms with Crippen LogP contribution in [0.5, 0.6) is 0 Å². The zero-order valence-electron chi connectivity index (χ0n) is 21.3. The summed E-state index contributed by atoms with van der Waals surface area (Å²) in [5.41, 5.74) is 0.0634. The van der Waals surface area contributed by atoms with Crippen molar-refractivity contribution < 1.29 is 17.6 Å². The third-order valence-electron chi connectivity index (χ3n) is 6.32. The Balaban J connectivity index is 1.93. The summed E-state index contributed by atoms with van der Waals surface area (Å²) in [5, 5.41) is 0. The van der Waals surface area contributed by atoms with Crippen LogP contribution in [0.15, 0.2) is 30.4 Å². The molecule has 0 atom stereocenters. The van der Waals surface area contributed by atoms with Gasteiger partial charge in [-0.15, -0.1) is 0 Å². The van der Waals surface area contributed by atoms with E-state index >= 15 is 0 Å². The second-order valence-electron chi connectivity index (χ2n) is 9.31. The molecule has 0 saturated heterocycles. The minimum atomic E-state index is -1.42. The van der Waals surface area contributed by atoms with Gasteiger partial charge in [0, 0.05) is 18.8 Å². The first-order chi connectivity index (χ1) is 17.0. The molecule has 0 spiro atoms. The zero-order chi connectivity index (χ0) is 25.5. The van der Waals surface area contributed by atoms with Crippen LogP contribution >= 0.6 is 0 Å². The highest BCUT2D eigenvalue weighted by Crippen LogP contribution is 2.31. The highest BCUT2D eigenvalue weighted by Gasteiger charge is 2.21. The maximum absolute atomic E-state index is 14.7. The van der Waals surface area contributed by atoms with Crippen molar-refractivity contribution in [3.8, 4) is 11.4 Å². The van der Waals surface area contributed by atoms with E-state index in [1.165, 1.54) is 44.6 Å². The molecule has 1 aromatic heterocycles. The predicted molar refractivity (Wildman–Crippen MR) is 136 cm³/mol. The Morgan fingerprint density at radius 3 is 1.83 bits per heavy atom. The molecule has 0 bridgehead atoms. The number of rotatable bonds is 17. The van der Waals surface area contributed by atoms with Gasteiger partial charge in [-0.2, -0.15) is 0 Å². The molecule has 0 aliphatic heterocycles. The van der Waals surface area contributed by atoms with E-state index in [4.69, 9.17) is 0 Å². The van der Waals surface area contributed by atoms with Crippen molar-refractivity contribution in [2.24, 2.45) is 0 Å². The van der Waals surface area contributed by atoms with E-state index in [-0.39, 0.29) is 17.8 Å². The van der Waals surface area contributed by atoms with Gasteiger partial charge in [0.2, 0.25) is 0 Å². The predicted octanol–water partition coefficient (Wildman–Crippen LogP) is 10.1. The molecule has 194 valence electrons. The van der Waals surface area contributed by atoms with Gasteiger partial charge in [0.1, 0.15) is 5.83 Å². The van der Waals surface area contributed by atoms with Crippen LogP contribution in [-0.2, 0) is 6.42 Å². The summed E-state index contributed by atoms with van der Waals surface area (Å²) in [6.07, 6.45) is 18.0. The largest absolute Gasteiger partial charge is 0.236 e. The molecule has 35 heavy (non-hydrogen) atoms. The number of allylic oxidation sites excluding steroid dienone is 1. The quantitative estimate of drug-likeness (QED) is 0.162. The van der Waals surface area contributed by atoms with Gasteiger partial charge in [-0.05, 0) is 37.0 Å². The number of benzene rings is 1. The van der Waals surface area contributed by atoms with E-state index in [0.29, 0.717) is 6.42 Å². The second kappa shape index (κ2) is 16.4. The van der Waals surface area contributed by atoms with Crippen molar-refractivity contribution in [3.05, 3.63) is 53.1 Å². The highest BCUT2D eigenvalue weighted by atomic mass is 19.2. The topological polar surface area (TPSA) is 25.8 Å². The van der Waals surface area contributed by atoms with Crippen LogP contribution in [-0.4, -0.2) is 9.97 Å². The van der Waals surface area contributed by atoms with Crippen LogP contribution in [0, 0.1) is 11.6 Å². The Kier molecular flexibility index (Phi) is 13.6. The van der Waals surface area contributed by atoms with Gasteiger partial charge < -0.3 is 0 Å². The summed E-state index contributed by atoms with van der Waals surface area (Å²) in [5.74, 6) is -5.07. The molecular weight excluding hydrogens is 452 g/mol. The summed E-state index contributed by atoms with van der Waals surface area (Å²) < 4.78 is 57.9. The lowest BCUT2D eigenvalue weighted by molar-refractivity contribution is 0.498. The lowest BCUT2D eigenvalue weighted by Gasteiger charge is -2.08. The lowest BCUT2D eigenvalue weighted by Crippen LogP contribution is -2.00. The Labute approximate surface area is 208 Å². The number of halogens is 4. The number of hydrogen-bond donors (Lipinski definition) is 0. The molecular formula is C29H40F4N2. The maximum atomic E-state index is 14.7. The van der Waals surface area contributed by atoms with E-state index in [9.17, 15) is 17.6 Å². The molecule has 0 unspecified atom stereocenters. The summed E-state index contributed by atoms with van der Waals surface area (Å²) in [4.78, 5) is 8.35. The van der Waals surface area contributed by atoms with Crippen LogP contribution in [0.25, 0.3) is 17.2 Å². The van der Waals surface area contributed by atoms with Gasteiger partial charge in [-0.3, -0.25) is 0 Å². The number of hydrogen-bond acceptors (Lipinski definition) is 2. The van der Waals surface area contributed by atoms with E-state index in [1.807, 2.05) is 0 Å². The standard InChI is InChI=1S/C29H40F4N2/c1-3-5-7-9-10-11-13-14-16-22-20-34-29(35-21-22)24-19-18-23(27(32)28(24)33)26(31)25(30)17-15-12-8-6-4-2/h18-21H,3-17H2,1-2H3/b26-25-. The number of aromatic nitrogens is 2. The molecule has 0 aliphatic rings. The second-order valence-corrected chi connectivity index (χ2v) is 9.31. The minimum Gasteiger partial charge on any atom is -0.236 e. The molecule has 0 radical (unpaired) electrons. The fourth-order valence-electron chi connectivity index (χ4n) is 4.12. The van der Waals surface area contributed by atoms with Gasteiger partial charge in [0.25, 0.3) is 0 Å². The van der Waals surface area contributed by atoms with Gasteiger partial charge in [-0.1, -0.05) is 84.5 Å². The monoisotopic (exact) mass is 492 g/mol. The van der Waals surface area contributed by atoms with Crippen LogP contribution in [0.1, 0.15) is 115 Å². The Morgan fingerprint density at radius 2 is 1.23 bits per heavy atom. The Morgan fingerprint density at radius 1 is 0.686 bits per heavy atom. The number of nitrogens with zero attached hydrogens (tertiary/aromatic N) is 2. The lowest BCUT2D eigenvalue weighted by atomic mass is 10.0. The molecule has 0 saturated carbocycles. The van der Waals surface area contributed by atoms with E-state index < -0.39 is 28.9 Å². The third kappa shape index (κ3) is 9.73. The van der Waals surface area contributed by atoms with Crippen molar-refractivity contribution in [1.29, 1.82) is 0 Å². The SMILES string of the molecule is CCCCCCCCCCc1cnc(-c2ccc(/C(F)=C(/F)CCCCCCC)c(F)c2F)nc1. The van der Waals surface area contributed by atoms with Crippen LogP contribution in [0.2, 0.25) is 0 Å². The molecule has 2 nitrogen and oxygen atoms in total. The molecule has 0 aliphatic carbocycles. The summed E-state index contributed by atoms with van der Waals surface area (Å²) in [7, 11) is 0. The van der Waals surface area contributed by atoms with Crippen LogP contribution in [0.3, 0.4) is 0 Å². The highest BCUT2D eigenvalue weighted by molar-refractivity contribution is 5.66. The van der Waals surface area contributed by atoms with E-state index in [1.54, 1.807) is 12.4 Å². The van der Waals surface area contributed by atoms with Gasteiger partial charge in [0.05, 0.1) is 11.1 Å². The van der Waals surface area contributed by atoms with E-state index in [2.05, 4.69) is 23.8 Å². The fourth-order valence-corrected chi connectivity index (χ4v) is 4.12. The third-order valence-corrected chi connectivity index (χ3v) is 6.32. The maximum Gasteiger partial charge on any atom is 0.170 e. The average molecular weight is 493 g/mol. The summed E-state index contributed by atoms with van der Waals surface area (Å²) in [6, 6.07) is 2.26. The summed E-state index contributed by atoms with van der Waals surface area (Å²) in [6.45, 7) is 4.28. The normalized spacial score (nSPS) is 12.2. The molecule has 2 rings (SSSR count). The molecule has 1 aromatic carbocycles. The van der Waals surface area contributed by atoms with Crippen molar-refractivity contribution in [1.82, 2.24) is 9.97 Å². The van der Waals surface area contributed by atoms with Crippen molar-refractivity contribution >= 4 is 5.83 Å². The Hall–Kier alpha value is -2.24. The zero-order valence-corrected chi connectivity index (χ0v) is 21.3. The molecule has 0 amide bonds. The number of aryl methyl sites for hydroxylation is 1.